The largest absolute Gasteiger partial charge is 0.335 e. The number of amides is 1. The van der Waals surface area contributed by atoms with Crippen LogP contribution in [0, 0.1) is 0 Å². The molecule has 0 spiro atoms. The van der Waals surface area contributed by atoms with Crippen LogP contribution in [-0.2, 0) is 0 Å². The van der Waals surface area contributed by atoms with E-state index in [0.717, 1.165) is 19.4 Å². The molecule has 0 saturated heterocycles. The van der Waals surface area contributed by atoms with E-state index in [-0.39, 0.29) is 5.91 Å². The molecule has 1 fully saturated rings. The number of nitrogens with zero attached hydrogens (tertiary/aromatic N) is 2. The lowest BCUT2D eigenvalue weighted by Gasteiger charge is -2.19. The molecule has 1 aliphatic carbocycles. The third-order valence-electron chi connectivity index (χ3n) is 2.73. The van der Waals surface area contributed by atoms with Crippen LogP contribution in [0.4, 0.5) is 5.69 Å². The van der Waals surface area contributed by atoms with Gasteiger partial charge in [0.15, 0.2) is 0 Å². The van der Waals surface area contributed by atoms with Crippen LogP contribution >= 0.6 is 0 Å². The van der Waals surface area contributed by atoms with Gasteiger partial charge in [0, 0.05) is 18.8 Å². The SMILES string of the molecule is CCN(C(=O)c1cc(NN)ccn1)C1CC1. The number of nitrogens with two attached hydrogens (primary N) is 1. The molecule has 5 nitrogen and oxygen atoms in total. The van der Waals surface area contributed by atoms with E-state index in [1.807, 2.05) is 11.8 Å². The lowest BCUT2D eigenvalue weighted by Crippen LogP contribution is -2.33. The van der Waals surface area contributed by atoms with E-state index in [9.17, 15) is 4.79 Å². The number of nitrogen functional groups attached to an aromatic ring is 1. The first-order valence-electron chi connectivity index (χ1n) is 5.50. The molecular formula is C11H16N4O. The molecule has 3 N–H and O–H groups in total. The van der Waals surface area contributed by atoms with Crippen LogP contribution in [0.1, 0.15) is 30.3 Å². The van der Waals surface area contributed by atoms with Gasteiger partial charge in [0.25, 0.3) is 5.91 Å². The number of hydrogen-bond donors (Lipinski definition) is 2. The predicted octanol–water partition coefficient (Wildman–Crippen LogP) is 0.992. The average molecular weight is 220 g/mol. The number of hydrogen-bond acceptors (Lipinski definition) is 4. The number of anilines is 1. The van der Waals surface area contributed by atoms with Crippen LogP contribution in [0.3, 0.4) is 0 Å². The minimum atomic E-state index is -0.0119. The van der Waals surface area contributed by atoms with Gasteiger partial charge in [0.1, 0.15) is 5.69 Å². The van der Waals surface area contributed by atoms with Crippen molar-refractivity contribution in [2.45, 2.75) is 25.8 Å². The average Bonchev–Trinajstić information content (AvgIpc) is 3.14. The Kier molecular flexibility index (Phi) is 3.05. The summed E-state index contributed by atoms with van der Waals surface area (Å²) in [6.45, 7) is 2.71. The maximum atomic E-state index is 12.1. The molecule has 0 radical (unpaired) electrons. The molecule has 0 aromatic carbocycles. The molecular weight excluding hydrogens is 204 g/mol. The van der Waals surface area contributed by atoms with E-state index in [2.05, 4.69) is 10.4 Å². The summed E-state index contributed by atoms with van der Waals surface area (Å²) in [6.07, 6.45) is 3.80. The van der Waals surface area contributed by atoms with Gasteiger partial charge in [-0.25, -0.2) is 0 Å². The van der Waals surface area contributed by atoms with Crippen molar-refractivity contribution in [3.8, 4) is 0 Å². The summed E-state index contributed by atoms with van der Waals surface area (Å²) in [6, 6.07) is 3.81. The van der Waals surface area contributed by atoms with Gasteiger partial charge < -0.3 is 10.3 Å². The highest BCUT2D eigenvalue weighted by molar-refractivity contribution is 5.93. The molecule has 86 valence electrons. The number of rotatable bonds is 4. The van der Waals surface area contributed by atoms with Gasteiger partial charge in [-0.05, 0) is 31.9 Å². The van der Waals surface area contributed by atoms with Crippen LogP contribution in [0.25, 0.3) is 0 Å². The first kappa shape index (κ1) is 10.9. The second-order valence-corrected chi connectivity index (χ2v) is 3.90. The number of hydrazine groups is 1. The van der Waals surface area contributed by atoms with Crippen LogP contribution in [-0.4, -0.2) is 28.4 Å². The monoisotopic (exact) mass is 220 g/mol. The molecule has 16 heavy (non-hydrogen) atoms. The van der Waals surface area contributed by atoms with E-state index in [0.29, 0.717) is 17.4 Å². The van der Waals surface area contributed by atoms with Crippen molar-refractivity contribution < 1.29 is 4.79 Å². The van der Waals surface area contributed by atoms with Crippen LogP contribution in [0.15, 0.2) is 18.3 Å². The molecule has 2 rings (SSSR count). The smallest absolute Gasteiger partial charge is 0.272 e. The Morgan fingerprint density at radius 1 is 1.69 bits per heavy atom. The Morgan fingerprint density at radius 2 is 2.44 bits per heavy atom. The van der Waals surface area contributed by atoms with Gasteiger partial charge in [-0.1, -0.05) is 0 Å². The van der Waals surface area contributed by atoms with Crippen LogP contribution in [0.5, 0.6) is 0 Å². The second-order valence-electron chi connectivity index (χ2n) is 3.90. The molecule has 0 unspecified atom stereocenters. The van der Waals surface area contributed by atoms with Crippen molar-refractivity contribution in [2.75, 3.05) is 12.0 Å². The number of carbonyl (C=O) groups excluding carboxylic acids is 1. The summed E-state index contributed by atoms with van der Waals surface area (Å²) in [5.41, 5.74) is 3.66. The summed E-state index contributed by atoms with van der Waals surface area (Å²) in [5.74, 6) is 5.28. The van der Waals surface area contributed by atoms with Crippen LogP contribution < -0.4 is 11.3 Å². The lowest BCUT2D eigenvalue weighted by molar-refractivity contribution is 0.0746. The van der Waals surface area contributed by atoms with Crippen molar-refractivity contribution in [3.63, 3.8) is 0 Å². The molecule has 1 aromatic rings. The van der Waals surface area contributed by atoms with Gasteiger partial charge in [-0.3, -0.25) is 15.6 Å². The van der Waals surface area contributed by atoms with Crippen LogP contribution in [0.2, 0.25) is 0 Å². The first-order valence-corrected chi connectivity index (χ1v) is 5.50. The summed E-state index contributed by atoms with van der Waals surface area (Å²) in [4.78, 5) is 18.1. The fourth-order valence-electron chi connectivity index (χ4n) is 1.74. The number of pyridine rings is 1. The summed E-state index contributed by atoms with van der Waals surface area (Å²) >= 11 is 0. The Morgan fingerprint density at radius 3 is 3.00 bits per heavy atom. The highest BCUT2D eigenvalue weighted by Crippen LogP contribution is 2.27. The lowest BCUT2D eigenvalue weighted by atomic mass is 10.3. The molecule has 1 heterocycles. The molecule has 1 amide bonds. The van der Waals surface area contributed by atoms with Crippen molar-refractivity contribution >= 4 is 11.6 Å². The molecule has 5 heteroatoms. The molecule has 0 atom stereocenters. The van der Waals surface area contributed by atoms with Gasteiger partial charge >= 0.3 is 0 Å². The minimum absolute atomic E-state index is 0.0119. The number of nitrogens with one attached hydrogen (secondary N) is 1. The minimum Gasteiger partial charge on any atom is -0.335 e. The zero-order valence-corrected chi connectivity index (χ0v) is 9.31. The van der Waals surface area contributed by atoms with Gasteiger partial charge in [0.05, 0.1) is 5.69 Å². The number of carbonyl (C=O) groups is 1. The Labute approximate surface area is 94.6 Å². The normalized spacial score (nSPS) is 14.6. The van der Waals surface area contributed by atoms with Gasteiger partial charge in [0.2, 0.25) is 0 Å². The topological polar surface area (TPSA) is 71.2 Å². The molecule has 1 aliphatic rings. The fourth-order valence-corrected chi connectivity index (χ4v) is 1.74. The van der Waals surface area contributed by atoms with Crippen molar-refractivity contribution in [1.29, 1.82) is 0 Å². The predicted molar refractivity (Wildman–Crippen MR) is 61.8 cm³/mol. The third kappa shape index (κ3) is 2.14. The second kappa shape index (κ2) is 4.49. The molecule has 0 aliphatic heterocycles. The van der Waals surface area contributed by atoms with E-state index in [1.165, 1.54) is 0 Å². The molecule has 0 bridgehead atoms. The summed E-state index contributed by atoms with van der Waals surface area (Å²) in [7, 11) is 0. The van der Waals surface area contributed by atoms with Crippen molar-refractivity contribution in [1.82, 2.24) is 9.88 Å². The maximum Gasteiger partial charge on any atom is 0.272 e. The zero-order valence-electron chi connectivity index (χ0n) is 9.31. The van der Waals surface area contributed by atoms with Crippen molar-refractivity contribution in [2.24, 2.45) is 5.84 Å². The van der Waals surface area contributed by atoms with Crippen molar-refractivity contribution in [3.05, 3.63) is 24.0 Å². The fraction of sp³-hybridized carbons (Fsp3) is 0.455. The maximum absolute atomic E-state index is 12.1. The van der Waals surface area contributed by atoms with E-state index >= 15 is 0 Å². The van der Waals surface area contributed by atoms with E-state index in [4.69, 9.17) is 5.84 Å². The quantitative estimate of drug-likeness (QED) is 0.586. The molecule has 1 saturated carbocycles. The van der Waals surface area contributed by atoms with Gasteiger partial charge in [-0.2, -0.15) is 0 Å². The standard InChI is InChI=1S/C11H16N4O/c1-2-15(9-3-4-9)11(16)10-7-8(14-12)5-6-13-10/h5-7,9H,2-4,12H2,1H3,(H,13,14). The Balaban J connectivity index is 2.18. The summed E-state index contributed by atoms with van der Waals surface area (Å²) in [5, 5.41) is 0. The third-order valence-corrected chi connectivity index (χ3v) is 2.73. The van der Waals surface area contributed by atoms with E-state index < -0.39 is 0 Å². The zero-order chi connectivity index (χ0) is 11.5. The Bertz CT molecular complexity index is 389. The highest BCUT2D eigenvalue weighted by Gasteiger charge is 2.32. The van der Waals surface area contributed by atoms with E-state index in [1.54, 1.807) is 18.3 Å². The summed E-state index contributed by atoms with van der Waals surface area (Å²) < 4.78 is 0. The highest BCUT2D eigenvalue weighted by atomic mass is 16.2. The molecule has 1 aromatic heterocycles. The number of aromatic nitrogens is 1. The first-order chi connectivity index (χ1) is 7.76. The van der Waals surface area contributed by atoms with Gasteiger partial charge in [-0.15, -0.1) is 0 Å². The Hall–Kier alpha value is -1.62.